The molecule has 102 valence electrons. The maximum atomic E-state index is 3.80. The van der Waals surface area contributed by atoms with Crippen LogP contribution in [0.3, 0.4) is 0 Å². The van der Waals surface area contributed by atoms with Crippen LogP contribution in [0.2, 0.25) is 0 Å². The number of hydrogen-bond acceptors (Lipinski definition) is 3. The summed E-state index contributed by atoms with van der Waals surface area (Å²) in [6.45, 7) is 5.80. The van der Waals surface area contributed by atoms with Gasteiger partial charge in [0.2, 0.25) is 0 Å². The van der Waals surface area contributed by atoms with Gasteiger partial charge in [-0.2, -0.15) is 11.8 Å². The SMILES string of the molecule is CCC(CC)C(CNC1CCSCC1)N(C)C. The summed E-state index contributed by atoms with van der Waals surface area (Å²) >= 11 is 2.10. The number of nitrogens with one attached hydrogen (secondary N) is 1. The third-order valence-corrected chi connectivity index (χ3v) is 5.14. The second-order valence-electron chi connectivity index (χ2n) is 5.40. The van der Waals surface area contributed by atoms with Crippen LogP contribution in [0, 0.1) is 5.92 Å². The monoisotopic (exact) mass is 258 g/mol. The number of nitrogens with zero attached hydrogens (tertiary/aromatic N) is 1. The lowest BCUT2D eigenvalue weighted by molar-refractivity contribution is 0.188. The van der Waals surface area contributed by atoms with Gasteiger partial charge in [-0.05, 0) is 44.4 Å². The van der Waals surface area contributed by atoms with Gasteiger partial charge in [0.05, 0.1) is 0 Å². The van der Waals surface area contributed by atoms with E-state index in [1.807, 2.05) is 0 Å². The first-order chi connectivity index (χ1) is 8.19. The Morgan fingerprint density at radius 2 is 1.76 bits per heavy atom. The number of likely N-dealkylation sites (N-methyl/N-ethyl adjacent to an activating group) is 1. The first kappa shape index (κ1) is 15.3. The average molecular weight is 258 g/mol. The molecule has 1 unspecified atom stereocenters. The predicted molar refractivity (Wildman–Crippen MR) is 79.9 cm³/mol. The molecule has 0 spiro atoms. The van der Waals surface area contributed by atoms with Crippen molar-refractivity contribution in [1.82, 2.24) is 10.2 Å². The molecule has 1 aliphatic rings. The summed E-state index contributed by atoms with van der Waals surface area (Å²) in [6.07, 6.45) is 5.30. The van der Waals surface area contributed by atoms with Gasteiger partial charge in [-0.15, -0.1) is 0 Å². The minimum atomic E-state index is 0.694. The van der Waals surface area contributed by atoms with Crippen LogP contribution in [0.25, 0.3) is 0 Å². The number of rotatable bonds is 7. The Morgan fingerprint density at radius 3 is 2.24 bits per heavy atom. The van der Waals surface area contributed by atoms with Gasteiger partial charge in [0.15, 0.2) is 0 Å². The molecule has 2 nitrogen and oxygen atoms in total. The van der Waals surface area contributed by atoms with Gasteiger partial charge in [0.25, 0.3) is 0 Å². The zero-order chi connectivity index (χ0) is 12.7. The van der Waals surface area contributed by atoms with Crippen LogP contribution in [0.1, 0.15) is 39.5 Å². The second-order valence-corrected chi connectivity index (χ2v) is 6.63. The molecule has 0 aromatic heterocycles. The molecule has 3 heteroatoms. The molecule has 0 saturated carbocycles. The summed E-state index contributed by atoms with van der Waals surface area (Å²) in [6, 6.07) is 1.47. The number of thioether (sulfide) groups is 1. The van der Waals surface area contributed by atoms with Crippen LogP contribution in [-0.4, -0.2) is 49.1 Å². The molecular weight excluding hydrogens is 228 g/mol. The number of hydrogen-bond donors (Lipinski definition) is 1. The Balaban J connectivity index is 2.37. The highest BCUT2D eigenvalue weighted by Gasteiger charge is 2.22. The summed E-state index contributed by atoms with van der Waals surface area (Å²) in [5.74, 6) is 3.51. The summed E-state index contributed by atoms with van der Waals surface area (Å²) in [4.78, 5) is 2.41. The van der Waals surface area contributed by atoms with Crippen LogP contribution in [0.5, 0.6) is 0 Å². The fraction of sp³-hybridized carbons (Fsp3) is 1.00. The van der Waals surface area contributed by atoms with Gasteiger partial charge in [-0.3, -0.25) is 0 Å². The van der Waals surface area contributed by atoms with Crippen LogP contribution in [0.4, 0.5) is 0 Å². The molecule has 0 aromatic rings. The maximum Gasteiger partial charge on any atom is 0.0242 e. The van der Waals surface area contributed by atoms with E-state index >= 15 is 0 Å². The molecule has 0 aromatic carbocycles. The third-order valence-electron chi connectivity index (χ3n) is 4.09. The topological polar surface area (TPSA) is 15.3 Å². The minimum absolute atomic E-state index is 0.694. The molecule has 1 heterocycles. The molecule has 1 atom stereocenters. The van der Waals surface area contributed by atoms with Gasteiger partial charge in [-0.1, -0.05) is 26.7 Å². The van der Waals surface area contributed by atoms with Gasteiger partial charge in [0.1, 0.15) is 0 Å². The first-order valence-electron chi connectivity index (χ1n) is 7.16. The third kappa shape index (κ3) is 5.19. The van der Waals surface area contributed by atoms with Crippen molar-refractivity contribution >= 4 is 11.8 Å². The molecule has 0 radical (unpaired) electrons. The van der Waals surface area contributed by atoms with Crippen molar-refractivity contribution in [2.24, 2.45) is 5.92 Å². The lowest BCUT2D eigenvalue weighted by atomic mass is 9.93. The van der Waals surface area contributed by atoms with Crippen molar-refractivity contribution in [2.45, 2.75) is 51.6 Å². The first-order valence-corrected chi connectivity index (χ1v) is 8.32. The van der Waals surface area contributed by atoms with E-state index < -0.39 is 0 Å². The standard InChI is InChI=1S/C14H30N2S/c1-5-12(6-2)14(16(3)4)11-15-13-7-9-17-10-8-13/h12-15H,5-11H2,1-4H3. The minimum Gasteiger partial charge on any atom is -0.312 e. The lowest BCUT2D eigenvalue weighted by Crippen LogP contribution is -2.46. The molecule has 1 saturated heterocycles. The van der Waals surface area contributed by atoms with E-state index in [0.717, 1.165) is 18.5 Å². The van der Waals surface area contributed by atoms with E-state index in [1.54, 1.807) is 0 Å². The summed E-state index contributed by atoms with van der Waals surface area (Å²) in [5.41, 5.74) is 0. The highest BCUT2D eigenvalue weighted by Crippen LogP contribution is 2.19. The van der Waals surface area contributed by atoms with Crippen molar-refractivity contribution in [1.29, 1.82) is 0 Å². The molecule has 0 amide bonds. The molecule has 1 aliphatic heterocycles. The van der Waals surface area contributed by atoms with Gasteiger partial charge < -0.3 is 10.2 Å². The van der Waals surface area contributed by atoms with Crippen molar-refractivity contribution in [3.63, 3.8) is 0 Å². The fourth-order valence-corrected chi connectivity index (χ4v) is 3.90. The average Bonchev–Trinajstić information content (AvgIpc) is 2.35. The largest absolute Gasteiger partial charge is 0.312 e. The molecule has 1 N–H and O–H groups in total. The van der Waals surface area contributed by atoms with Crippen LogP contribution in [0.15, 0.2) is 0 Å². The van der Waals surface area contributed by atoms with Crippen molar-refractivity contribution in [3.05, 3.63) is 0 Å². The van der Waals surface area contributed by atoms with E-state index in [-0.39, 0.29) is 0 Å². The van der Waals surface area contributed by atoms with Crippen molar-refractivity contribution in [3.8, 4) is 0 Å². The Labute approximate surface area is 112 Å². The highest BCUT2D eigenvalue weighted by molar-refractivity contribution is 7.99. The Bertz CT molecular complexity index is 187. The van der Waals surface area contributed by atoms with Crippen LogP contribution < -0.4 is 5.32 Å². The zero-order valence-electron chi connectivity index (χ0n) is 12.0. The molecule has 1 fully saturated rings. The molecule has 1 rings (SSSR count). The Kier molecular flexibility index (Phi) is 7.56. The van der Waals surface area contributed by atoms with E-state index in [0.29, 0.717) is 6.04 Å². The van der Waals surface area contributed by atoms with E-state index in [1.165, 1.54) is 37.2 Å². The van der Waals surface area contributed by atoms with Crippen molar-refractivity contribution in [2.75, 3.05) is 32.1 Å². The quantitative estimate of drug-likeness (QED) is 0.756. The second kappa shape index (κ2) is 8.39. The predicted octanol–water partition coefficient (Wildman–Crippen LogP) is 2.84. The Morgan fingerprint density at radius 1 is 1.18 bits per heavy atom. The molecule has 17 heavy (non-hydrogen) atoms. The Hall–Kier alpha value is 0.270. The summed E-state index contributed by atoms with van der Waals surface area (Å²) in [5, 5.41) is 3.80. The maximum absolute atomic E-state index is 3.80. The fourth-order valence-electron chi connectivity index (χ4n) is 2.79. The smallest absolute Gasteiger partial charge is 0.0242 e. The van der Waals surface area contributed by atoms with Gasteiger partial charge in [-0.25, -0.2) is 0 Å². The van der Waals surface area contributed by atoms with Crippen molar-refractivity contribution < 1.29 is 0 Å². The molecule has 0 bridgehead atoms. The highest BCUT2D eigenvalue weighted by atomic mass is 32.2. The van der Waals surface area contributed by atoms with Crippen LogP contribution in [-0.2, 0) is 0 Å². The van der Waals surface area contributed by atoms with E-state index in [9.17, 15) is 0 Å². The zero-order valence-corrected chi connectivity index (χ0v) is 12.9. The normalized spacial score (nSPS) is 20.1. The van der Waals surface area contributed by atoms with Crippen LogP contribution >= 0.6 is 11.8 Å². The molecule has 0 aliphatic carbocycles. The summed E-state index contributed by atoms with van der Waals surface area (Å²) < 4.78 is 0. The van der Waals surface area contributed by atoms with E-state index in [4.69, 9.17) is 0 Å². The van der Waals surface area contributed by atoms with Gasteiger partial charge >= 0.3 is 0 Å². The molecular formula is C14H30N2S. The summed E-state index contributed by atoms with van der Waals surface area (Å²) in [7, 11) is 4.45. The van der Waals surface area contributed by atoms with Gasteiger partial charge in [0, 0.05) is 18.6 Å². The van der Waals surface area contributed by atoms with E-state index in [2.05, 4.69) is 49.9 Å². The lowest BCUT2D eigenvalue weighted by Gasteiger charge is -2.34.